The highest BCUT2D eigenvalue weighted by atomic mass is 79.9. The molecule has 10 heteroatoms. The maximum absolute atomic E-state index is 12.8. The van der Waals surface area contributed by atoms with Crippen LogP contribution in [-0.2, 0) is 16.1 Å². The first-order valence-electron chi connectivity index (χ1n) is 10.4. The van der Waals surface area contributed by atoms with Gasteiger partial charge in [-0.05, 0) is 24.3 Å². The predicted octanol–water partition coefficient (Wildman–Crippen LogP) is 5.11. The Labute approximate surface area is 210 Å². The van der Waals surface area contributed by atoms with E-state index in [0.29, 0.717) is 35.6 Å². The molecule has 2 heterocycles. The zero-order valence-corrected chi connectivity index (χ0v) is 21.0. The van der Waals surface area contributed by atoms with E-state index in [9.17, 15) is 4.79 Å². The van der Waals surface area contributed by atoms with Gasteiger partial charge in [-0.2, -0.15) is 0 Å². The van der Waals surface area contributed by atoms with E-state index in [1.54, 1.807) is 10.8 Å². The minimum Gasteiger partial charge on any atom is -0.378 e. The molecule has 1 fully saturated rings. The lowest BCUT2D eigenvalue weighted by atomic mass is 10.2. The van der Waals surface area contributed by atoms with E-state index < -0.39 is 0 Å². The molecule has 1 amide bonds. The van der Waals surface area contributed by atoms with Crippen molar-refractivity contribution < 1.29 is 9.53 Å². The number of ether oxygens (including phenoxy) is 1. The first-order chi connectivity index (χ1) is 16.0. The van der Waals surface area contributed by atoms with E-state index in [0.717, 1.165) is 34.6 Å². The van der Waals surface area contributed by atoms with Crippen LogP contribution in [-0.4, -0.2) is 52.7 Å². The van der Waals surface area contributed by atoms with Crippen molar-refractivity contribution in [1.82, 2.24) is 14.8 Å². The number of halogens is 2. The Morgan fingerprint density at radius 2 is 2.00 bits per heavy atom. The van der Waals surface area contributed by atoms with Crippen LogP contribution in [0.3, 0.4) is 0 Å². The maximum atomic E-state index is 12.8. The molecule has 2 aromatic carbocycles. The largest absolute Gasteiger partial charge is 0.378 e. The fourth-order valence-corrected chi connectivity index (χ4v) is 4.68. The summed E-state index contributed by atoms with van der Waals surface area (Å²) in [6.45, 7) is 7.04. The Balaban J connectivity index is 1.45. The minimum atomic E-state index is -0.151. The molecule has 1 aromatic heterocycles. The Morgan fingerprint density at radius 3 is 2.73 bits per heavy atom. The number of hydrogen-bond acceptors (Lipinski definition) is 6. The fraction of sp³-hybridized carbons (Fsp3) is 0.261. The van der Waals surface area contributed by atoms with Crippen molar-refractivity contribution in [3.63, 3.8) is 0 Å². The second-order valence-electron chi connectivity index (χ2n) is 7.27. The number of carbonyl (C=O) groups is 1. The lowest BCUT2D eigenvalue weighted by Gasteiger charge is -2.31. The second-order valence-corrected chi connectivity index (χ2v) is 9.53. The number of nitrogens with zero attached hydrogens (tertiary/aromatic N) is 4. The van der Waals surface area contributed by atoms with Crippen molar-refractivity contribution in [2.24, 2.45) is 0 Å². The minimum absolute atomic E-state index is 0.151. The third kappa shape index (κ3) is 5.97. The van der Waals surface area contributed by atoms with Crippen LogP contribution in [0, 0.1) is 0 Å². The monoisotopic (exact) mass is 547 g/mol. The lowest BCUT2D eigenvalue weighted by molar-refractivity contribution is -0.113. The summed E-state index contributed by atoms with van der Waals surface area (Å²) < 4.78 is 8.21. The third-order valence-corrected chi connectivity index (χ3v) is 6.65. The standard InChI is InChI=1S/C23H23BrClN5O2S/c1-2-10-30-22(16-6-8-17(24)9-7-16)27-23(28-30)33-15-20(31)26-19-5-3-4-18(25)21(19)29-11-13-32-14-12-29/h2-9H,1,10-15H2,(H,26,31). The predicted molar refractivity (Wildman–Crippen MR) is 137 cm³/mol. The van der Waals surface area contributed by atoms with Gasteiger partial charge in [0.05, 0.1) is 41.9 Å². The van der Waals surface area contributed by atoms with Crippen molar-refractivity contribution in [1.29, 1.82) is 0 Å². The van der Waals surface area contributed by atoms with Gasteiger partial charge in [0.1, 0.15) is 0 Å². The highest BCUT2D eigenvalue weighted by Gasteiger charge is 2.20. The number of amides is 1. The molecule has 0 atom stereocenters. The molecule has 7 nitrogen and oxygen atoms in total. The number of morpholine rings is 1. The van der Waals surface area contributed by atoms with E-state index >= 15 is 0 Å². The molecule has 0 radical (unpaired) electrons. The highest BCUT2D eigenvalue weighted by Crippen LogP contribution is 2.34. The topological polar surface area (TPSA) is 72.3 Å². The number of thioether (sulfide) groups is 1. The smallest absolute Gasteiger partial charge is 0.234 e. The van der Waals surface area contributed by atoms with Gasteiger partial charge >= 0.3 is 0 Å². The normalized spacial score (nSPS) is 13.7. The van der Waals surface area contributed by atoms with E-state index in [2.05, 4.69) is 42.8 Å². The second kappa shape index (κ2) is 11.2. The quantitative estimate of drug-likeness (QED) is 0.311. The molecular formula is C23H23BrClN5O2S. The van der Waals surface area contributed by atoms with Crippen molar-refractivity contribution >= 4 is 56.6 Å². The SMILES string of the molecule is C=CCn1nc(SCC(=O)Nc2cccc(Cl)c2N2CCOCC2)nc1-c1ccc(Br)cc1. The summed E-state index contributed by atoms with van der Waals surface area (Å²) in [4.78, 5) is 19.5. The summed E-state index contributed by atoms with van der Waals surface area (Å²) in [5, 5.41) is 8.67. The summed E-state index contributed by atoms with van der Waals surface area (Å²) >= 11 is 11.2. The number of nitrogens with one attached hydrogen (secondary N) is 1. The van der Waals surface area contributed by atoms with Crippen LogP contribution in [0.25, 0.3) is 11.4 Å². The molecule has 0 spiro atoms. The zero-order valence-electron chi connectivity index (χ0n) is 17.8. The maximum Gasteiger partial charge on any atom is 0.234 e. The van der Waals surface area contributed by atoms with Crippen LogP contribution in [0.1, 0.15) is 0 Å². The van der Waals surface area contributed by atoms with Gasteiger partial charge in [-0.15, -0.1) is 11.7 Å². The van der Waals surface area contributed by atoms with E-state index in [-0.39, 0.29) is 11.7 Å². The Hall–Kier alpha value is -2.33. The summed E-state index contributed by atoms with van der Waals surface area (Å²) in [6.07, 6.45) is 1.77. The van der Waals surface area contributed by atoms with Gasteiger partial charge in [-0.1, -0.05) is 63.6 Å². The Bertz CT molecular complexity index is 1130. The average molecular weight is 549 g/mol. The Kier molecular flexibility index (Phi) is 8.08. The lowest BCUT2D eigenvalue weighted by Crippen LogP contribution is -2.37. The van der Waals surface area contributed by atoms with Crippen LogP contribution in [0.2, 0.25) is 5.02 Å². The molecule has 1 saturated heterocycles. The number of anilines is 2. The summed E-state index contributed by atoms with van der Waals surface area (Å²) in [6, 6.07) is 13.4. The molecule has 0 aliphatic carbocycles. The number of benzene rings is 2. The molecule has 172 valence electrons. The number of para-hydroxylation sites is 1. The third-order valence-electron chi connectivity index (χ3n) is 4.98. The van der Waals surface area contributed by atoms with E-state index in [1.807, 2.05) is 42.5 Å². The van der Waals surface area contributed by atoms with Crippen molar-refractivity contribution in [2.75, 3.05) is 42.3 Å². The Morgan fingerprint density at radius 1 is 1.24 bits per heavy atom. The summed E-state index contributed by atoms with van der Waals surface area (Å²) in [5.41, 5.74) is 2.46. The molecular weight excluding hydrogens is 526 g/mol. The molecule has 4 rings (SSSR count). The van der Waals surface area contributed by atoms with Crippen LogP contribution in [0.15, 0.2) is 64.7 Å². The molecule has 3 aromatic rings. The van der Waals surface area contributed by atoms with Crippen LogP contribution < -0.4 is 10.2 Å². The van der Waals surface area contributed by atoms with Gasteiger partial charge in [0.25, 0.3) is 0 Å². The number of aromatic nitrogens is 3. The molecule has 0 bridgehead atoms. The molecule has 0 saturated carbocycles. The first-order valence-corrected chi connectivity index (χ1v) is 12.6. The van der Waals surface area contributed by atoms with E-state index in [4.69, 9.17) is 16.3 Å². The van der Waals surface area contributed by atoms with Crippen LogP contribution in [0.4, 0.5) is 11.4 Å². The van der Waals surface area contributed by atoms with E-state index in [1.165, 1.54) is 11.8 Å². The average Bonchev–Trinajstić information content (AvgIpc) is 3.22. The molecule has 1 N–H and O–H groups in total. The van der Waals surface area contributed by atoms with Crippen molar-refractivity contribution in [3.05, 3.63) is 64.6 Å². The van der Waals surface area contributed by atoms with Gasteiger partial charge in [0.15, 0.2) is 5.82 Å². The fourth-order valence-electron chi connectivity index (χ4n) is 3.49. The summed E-state index contributed by atoms with van der Waals surface area (Å²) in [7, 11) is 0. The number of hydrogen-bond donors (Lipinski definition) is 1. The molecule has 33 heavy (non-hydrogen) atoms. The van der Waals surface area contributed by atoms with Gasteiger partial charge in [-0.25, -0.2) is 9.67 Å². The van der Waals surface area contributed by atoms with Gasteiger partial charge in [0, 0.05) is 23.1 Å². The first kappa shape index (κ1) is 23.8. The van der Waals surface area contributed by atoms with Crippen LogP contribution in [0.5, 0.6) is 0 Å². The van der Waals surface area contributed by atoms with Crippen molar-refractivity contribution in [2.45, 2.75) is 11.7 Å². The van der Waals surface area contributed by atoms with Crippen molar-refractivity contribution in [3.8, 4) is 11.4 Å². The van der Waals surface area contributed by atoms with Gasteiger partial charge < -0.3 is 15.0 Å². The highest BCUT2D eigenvalue weighted by molar-refractivity contribution is 9.10. The molecule has 0 unspecified atom stereocenters. The number of allylic oxidation sites excluding steroid dienone is 1. The molecule has 1 aliphatic heterocycles. The van der Waals surface area contributed by atoms with Crippen LogP contribution >= 0.6 is 39.3 Å². The zero-order chi connectivity index (χ0) is 23.2. The number of carbonyl (C=O) groups excluding carboxylic acids is 1. The van der Waals surface area contributed by atoms with Gasteiger partial charge in [-0.3, -0.25) is 4.79 Å². The van der Waals surface area contributed by atoms with Gasteiger partial charge in [0.2, 0.25) is 11.1 Å². The number of rotatable bonds is 8. The molecule has 1 aliphatic rings. The summed E-state index contributed by atoms with van der Waals surface area (Å²) in [5.74, 6) is 0.754.